The standard InChI is InChI=1S/C29H39ClN4O7S/c1-28(2,3)41-27(37)32-11-9-29(10-12-32,19-31-17-26(36)40-4)20-33-13-14-34(18-25(33)35)42(38,39)24-8-6-21-15-23(30)7-5-22(21)16-24/h5-8,15-16,31H,9-14,17-20H2,1-4H3. The summed E-state index contributed by atoms with van der Waals surface area (Å²) in [5, 5.41) is 5.27. The first kappa shape index (κ1) is 32.0. The van der Waals surface area contributed by atoms with Gasteiger partial charge in [-0.3, -0.25) is 9.59 Å². The van der Waals surface area contributed by atoms with E-state index < -0.39 is 27.0 Å². The number of methoxy groups -OCH3 is 1. The molecule has 2 saturated heterocycles. The van der Waals surface area contributed by atoms with Gasteiger partial charge in [0.1, 0.15) is 5.60 Å². The molecule has 0 aliphatic carbocycles. The number of esters is 1. The number of amides is 2. The van der Waals surface area contributed by atoms with Gasteiger partial charge >= 0.3 is 12.1 Å². The van der Waals surface area contributed by atoms with Gasteiger partial charge in [-0.05, 0) is 68.7 Å². The number of ether oxygens (including phenoxy) is 2. The zero-order valence-corrected chi connectivity index (χ0v) is 26.1. The van der Waals surface area contributed by atoms with Crippen molar-refractivity contribution in [3.63, 3.8) is 0 Å². The van der Waals surface area contributed by atoms with Crippen molar-refractivity contribution in [2.75, 3.05) is 59.5 Å². The van der Waals surface area contributed by atoms with Crippen LogP contribution in [0, 0.1) is 5.41 Å². The number of sulfonamides is 1. The highest BCUT2D eigenvalue weighted by Crippen LogP contribution is 2.34. The number of piperidine rings is 1. The summed E-state index contributed by atoms with van der Waals surface area (Å²) in [7, 11) is -2.58. The van der Waals surface area contributed by atoms with Crippen molar-refractivity contribution in [1.82, 2.24) is 19.4 Å². The Kier molecular flexibility index (Phi) is 9.71. The molecule has 13 heteroatoms. The fraction of sp³-hybridized carbons (Fsp3) is 0.552. The molecule has 0 unspecified atom stereocenters. The monoisotopic (exact) mass is 622 g/mol. The third-order valence-corrected chi connectivity index (χ3v) is 9.77. The average Bonchev–Trinajstić information content (AvgIpc) is 2.93. The number of carbonyl (C=O) groups excluding carboxylic acids is 3. The largest absolute Gasteiger partial charge is 0.468 e. The van der Waals surface area contributed by atoms with E-state index >= 15 is 0 Å². The average molecular weight is 623 g/mol. The summed E-state index contributed by atoms with van der Waals surface area (Å²) in [6, 6.07) is 10.1. The zero-order chi connectivity index (χ0) is 30.7. The van der Waals surface area contributed by atoms with Crippen molar-refractivity contribution in [3.05, 3.63) is 41.4 Å². The van der Waals surface area contributed by atoms with Gasteiger partial charge in [0, 0.05) is 49.7 Å². The minimum absolute atomic E-state index is 0.0198. The molecule has 4 rings (SSSR count). The van der Waals surface area contributed by atoms with Gasteiger partial charge in [-0.15, -0.1) is 0 Å². The summed E-state index contributed by atoms with van der Waals surface area (Å²) in [4.78, 5) is 41.2. The molecule has 42 heavy (non-hydrogen) atoms. The predicted octanol–water partition coefficient (Wildman–Crippen LogP) is 3.11. The van der Waals surface area contributed by atoms with Crippen molar-refractivity contribution in [2.24, 2.45) is 5.41 Å². The summed E-state index contributed by atoms with van der Waals surface area (Å²) < 4.78 is 38.4. The minimum Gasteiger partial charge on any atom is -0.468 e. The highest BCUT2D eigenvalue weighted by molar-refractivity contribution is 7.89. The lowest BCUT2D eigenvalue weighted by atomic mass is 9.77. The fourth-order valence-corrected chi connectivity index (χ4v) is 6.95. The number of halogens is 1. The number of hydrogen-bond donors (Lipinski definition) is 1. The van der Waals surface area contributed by atoms with Crippen molar-refractivity contribution >= 4 is 50.4 Å². The molecule has 2 aliphatic rings. The molecule has 0 spiro atoms. The van der Waals surface area contributed by atoms with Crippen LogP contribution in [0.1, 0.15) is 33.6 Å². The Hall–Kier alpha value is -2.93. The Balaban J connectivity index is 1.44. The number of piperazine rings is 1. The van der Waals surface area contributed by atoms with Crippen LogP contribution in [-0.4, -0.2) is 106 Å². The molecule has 230 valence electrons. The number of nitrogens with one attached hydrogen (secondary N) is 1. The third kappa shape index (κ3) is 7.71. The number of benzene rings is 2. The van der Waals surface area contributed by atoms with E-state index in [-0.39, 0.29) is 43.1 Å². The maximum Gasteiger partial charge on any atom is 0.410 e. The molecule has 0 aromatic heterocycles. The van der Waals surface area contributed by atoms with E-state index in [1.807, 2.05) is 20.8 Å². The van der Waals surface area contributed by atoms with Gasteiger partial charge in [0.05, 0.1) is 25.1 Å². The van der Waals surface area contributed by atoms with Crippen molar-refractivity contribution in [3.8, 4) is 0 Å². The van der Waals surface area contributed by atoms with Crippen molar-refractivity contribution in [1.29, 1.82) is 0 Å². The van der Waals surface area contributed by atoms with E-state index in [2.05, 4.69) is 5.32 Å². The van der Waals surface area contributed by atoms with Crippen LogP contribution in [0.25, 0.3) is 10.8 Å². The fourth-order valence-electron chi connectivity index (χ4n) is 5.35. The van der Waals surface area contributed by atoms with E-state index in [0.29, 0.717) is 44.0 Å². The quantitative estimate of drug-likeness (QED) is 0.445. The molecule has 2 aliphatic heterocycles. The Morgan fingerprint density at radius 3 is 2.33 bits per heavy atom. The van der Waals surface area contributed by atoms with Crippen LogP contribution in [-0.2, 0) is 29.1 Å². The molecule has 2 aromatic rings. The number of fused-ring (bicyclic) bond motifs is 1. The molecule has 0 radical (unpaired) electrons. The maximum atomic E-state index is 13.5. The normalized spacial score (nSPS) is 18.3. The summed E-state index contributed by atoms with van der Waals surface area (Å²) in [5.41, 5.74) is -1.04. The molecule has 0 saturated carbocycles. The van der Waals surface area contributed by atoms with E-state index in [1.54, 1.807) is 40.1 Å². The second kappa shape index (κ2) is 12.7. The Morgan fingerprint density at radius 2 is 1.69 bits per heavy atom. The molecule has 0 atom stereocenters. The van der Waals surface area contributed by atoms with Crippen LogP contribution in [0.2, 0.25) is 5.02 Å². The molecular formula is C29H39ClN4O7S. The van der Waals surface area contributed by atoms with Crippen LogP contribution in [0.15, 0.2) is 41.3 Å². The van der Waals surface area contributed by atoms with Gasteiger partial charge in [-0.2, -0.15) is 4.31 Å². The molecule has 1 N–H and O–H groups in total. The first-order chi connectivity index (χ1) is 19.7. The van der Waals surface area contributed by atoms with Crippen LogP contribution in [0.5, 0.6) is 0 Å². The van der Waals surface area contributed by atoms with Crippen LogP contribution in [0.3, 0.4) is 0 Å². The zero-order valence-electron chi connectivity index (χ0n) is 24.5. The SMILES string of the molecule is COC(=O)CNCC1(CN2CCN(S(=O)(=O)c3ccc4cc(Cl)ccc4c3)CC2=O)CCN(C(=O)OC(C)(C)C)CC1. The molecule has 2 aromatic carbocycles. The van der Waals surface area contributed by atoms with Gasteiger partial charge < -0.3 is 24.6 Å². The lowest BCUT2D eigenvalue weighted by Crippen LogP contribution is -2.58. The number of rotatable bonds is 8. The van der Waals surface area contributed by atoms with Gasteiger partial charge in [0.2, 0.25) is 15.9 Å². The second-order valence-electron chi connectivity index (χ2n) is 12.0. The number of hydrogen-bond acceptors (Lipinski definition) is 8. The Morgan fingerprint density at radius 1 is 1.02 bits per heavy atom. The topological polar surface area (TPSA) is 126 Å². The predicted molar refractivity (Wildman–Crippen MR) is 159 cm³/mol. The van der Waals surface area contributed by atoms with E-state index in [4.69, 9.17) is 21.1 Å². The molecule has 11 nitrogen and oxygen atoms in total. The lowest BCUT2D eigenvalue weighted by molar-refractivity contribution is -0.140. The Bertz CT molecular complexity index is 1440. The Labute approximate surface area is 252 Å². The summed E-state index contributed by atoms with van der Waals surface area (Å²) in [6.07, 6.45) is 0.769. The van der Waals surface area contributed by atoms with E-state index in [0.717, 1.165) is 10.8 Å². The van der Waals surface area contributed by atoms with Crippen LogP contribution < -0.4 is 5.32 Å². The summed E-state index contributed by atoms with van der Waals surface area (Å²) >= 11 is 6.06. The third-order valence-electron chi connectivity index (χ3n) is 7.69. The number of carbonyl (C=O) groups is 3. The smallest absolute Gasteiger partial charge is 0.410 e. The molecular weight excluding hydrogens is 584 g/mol. The number of likely N-dealkylation sites (tertiary alicyclic amines) is 1. The second-order valence-corrected chi connectivity index (χ2v) is 14.3. The van der Waals surface area contributed by atoms with Crippen LogP contribution in [0.4, 0.5) is 4.79 Å². The molecule has 2 amide bonds. The summed E-state index contributed by atoms with van der Waals surface area (Å²) in [5.74, 6) is -0.692. The molecule has 2 fully saturated rings. The van der Waals surface area contributed by atoms with Gasteiger partial charge in [0.25, 0.3) is 0 Å². The highest BCUT2D eigenvalue weighted by Gasteiger charge is 2.41. The molecule has 0 bridgehead atoms. The van der Waals surface area contributed by atoms with Gasteiger partial charge in [0.15, 0.2) is 0 Å². The van der Waals surface area contributed by atoms with Gasteiger partial charge in [-0.1, -0.05) is 23.7 Å². The van der Waals surface area contributed by atoms with Crippen molar-refractivity contribution < 1.29 is 32.3 Å². The molecule has 2 heterocycles. The van der Waals surface area contributed by atoms with E-state index in [1.165, 1.54) is 17.5 Å². The number of nitrogens with zero attached hydrogens (tertiary/aromatic N) is 3. The summed E-state index contributed by atoms with van der Waals surface area (Å²) in [6.45, 7) is 7.26. The minimum atomic E-state index is -3.90. The van der Waals surface area contributed by atoms with Gasteiger partial charge in [-0.25, -0.2) is 13.2 Å². The highest BCUT2D eigenvalue weighted by atomic mass is 35.5. The first-order valence-corrected chi connectivity index (χ1v) is 15.8. The van der Waals surface area contributed by atoms with Crippen LogP contribution >= 0.6 is 11.6 Å². The lowest BCUT2D eigenvalue weighted by Gasteiger charge is -2.46. The first-order valence-electron chi connectivity index (χ1n) is 13.9. The maximum absolute atomic E-state index is 13.5. The van der Waals surface area contributed by atoms with E-state index in [9.17, 15) is 22.8 Å². The van der Waals surface area contributed by atoms with Crippen molar-refractivity contribution in [2.45, 2.75) is 44.1 Å².